The first-order valence-corrected chi connectivity index (χ1v) is 8.48. The third-order valence-electron chi connectivity index (χ3n) is 2.67. The summed E-state index contributed by atoms with van der Waals surface area (Å²) in [6.07, 6.45) is -3.47. The van der Waals surface area contributed by atoms with Crippen LogP contribution in [0, 0.1) is 0 Å². The van der Waals surface area contributed by atoms with Crippen molar-refractivity contribution in [2.45, 2.75) is 41.4 Å². The van der Waals surface area contributed by atoms with Crippen LogP contribution >= 0.6 is 23.5 Å². The van der Waals surface area contributed by atoms with E-state index in [1.165, 1.54) is 16.7 Å². The van der Waals surface area contributed by atoms with Crippen LogP contribution in [0.15, 0.2) is 40.4 Å². The number of aromatic nitrogens is 4. The Morgan fingerprint density at radius 2 is 1.95 bits per heavy atom. The lowest BCUT2D eigenvalue weighted by Crippen LogP contribution is -2.19. The van der Waals surface area contributed by atoms with Crippen LogP contribution in [-0.2, 0) is 6.54 Å². The van der Waals surface area contributed by atoms with Crippen molar-refractivity contribution in [2.75, 3.05) is 5.75 Å². The molecule has 4 nitrogen and oxygen atoms in total. The Morgan fingerprint density at radius 1 is 1.23 bits per heavy atom. The van der Waals surface area contributed by atoms with E-state index in [9.17, 15) is 13.2 Å². The number of nitrogens with zero attached hydrogens (tertiary/aromatic N) is 4. The minimum Gasteiger partial charge on any atom is -0.211 e. The van der Waals surface area contributed by atoms with E-state index in [-0.39, 0.29) is 10.4 Å². The van der Waals surface area contributed by atoms with E-state index in [4.69, 9.17) is 0 Å². The van der Waals surface area contributed by atoms with E-state index in [1.54, 1.807) is 11.8 Å². The van der Waals surface area contributed by atoms with E-state index in [0.29, 0.717) is 0 Å². The normalized spacial score (nSPS) is 13.3. The summed E-state index contributed by atoms with van der Waals surface area (Å²) >= 11 is 2.99. The maximum atomic E-state index is 12.4. The quantitative estimate of drug-likeness (QED) is 0.710. The topological polar surface area (TPSA) is 43.6 Å². The number of hydrogen-bond acceptors (Lipinski definition) is 5. The molecule has 0 aliphatic heterocycles. The fourth-order valence-corrected chi connectivity index (χ4v) is 3.76. The standard InChI is InChI=1S/C13H15F3N4S2/c1-10(7-8-21-11-5-3-2-4-6-11)22-12-17-18-19-20(12)9-13(14,15)16/h2-6,10H,7-9H2,1H3/t10-/m0/s1. The second-order valence-electron chi connectivity index (χ2n) is 4.61. The van der Waals surface area contributed by atoms with Gasteiger partial charge in [0.15, 0.2) is 0 Å². The van der Waals surface area contributed by atoms with Gasteiger partial charge in [-0.3, -0.25) is 0 Å². The van der Waals surface area contributed by atoms with Crippen molar-refractivity contribution in [1.29, 1.82) is 0 Å². The zero-order valence-electron chi connectivity index (χ0n) is 11.8. The second-order valence-corrected chi connectivity index (χ2v) is 7.19. The molecule has 0 spiro atoms. The largest absolute Gasteiger partial charge is 0.408 e. The Morgan fingerprint density at radius 3 is 2.64 bits per heavy atom. The van der Waals surface area contributed by atoms with Crippen molar-refractivity contribution in [3.8, 4) is 0 Å². The predicted molar refractivity (Wildman–Crippen MR) is 81.0 cm³/mol. The average molecular weight is 348 g/mol. The van der Waals surface area contributed by atoms with E-state index >= 15 is 0 Å². The highest BCUT2D eigenvalue weighted by Crippen LogP contribution is 2.27. The molecule has 1 atom stereocenters. The van der Waals surface area contributed by atoms with Gasteiger partial charge in [-0.25, -0.2) is 4.68 Å². The van der Waals surface area contributed by atoms with Crippen molar-refractivity contribution < 1.29 is 13.2 Å². The fraction of sp³-hybridized carbons (Fsp3) is 0.462. The van der Waals surface area contributed by atoms with Crippen molar-refractivity contribution in [3.05, 3.63) is 30.3 Å². The van der Waals surface area contributed by atoms with Crippen LogP contribution in [0.25, 0.3) is 0 Å². The summed E-state index contributed by atoms with van der Waals surface area (Å²) in [5, 5.41) is 10.7. The van der Waals surface area contributed by atoms with Gasteiger partial charge in [-0.2, -0.15) is 13.2 Å². The molecule has 2 aromatic rings. The van der Waals surface area contributed by atoms with Gasteiger partial charge in [-0.05, 0) is 34.7 Å². The number of tetrazole rings is 1. The molecular weight excluding hydrogens is 333 g/mol. The van der Waals surface area contributed by atoms with Crippen molar-refractivity contribution in [1.82, 2.24) is 20.2 Å². The Labute approximate surface area is 134 Å². The number of hydrogen-bond donors (Lipinski definition) is 0. The van der Waals surface area contributed by atoms with Gasteiger partial charge < -0.3 is 0 Å². The summed E-state index contributed by atoms with van der Waals surface area (Å²) in [4.78, 5) is 1.18. The summed E-state index contributed by atoms with van der Waals surface area (Å²) in [6.45, 7) is 0.802. The van der Waals surface area contributed by atoms with Gasteiger partial charge in [0.2, 0.25) is 5.16 Å². The highest BCUT2D eigenvalue weighted by atomic mass is 32.2. The van der Waals surface area contributed by atoms with Gasteiger partial charge in [0.1, 0.15) is 6.54 Å². The first-order valence-electron chi connectivity index (χ1n) is 6.61. The van der Waals surface area contributed by atoms with E-state index < -0.39 is 12.7 Å². The minimum atomic E-state index is -4.32. The van der Waals surface area contributed by atoms with E-state index in [2.05, 4.69) is 15.5 Å². The molecule has 0 radical (unpaired) electrons. The number of rotatable bonds is 7. The van der Waals surface area contributed by atoms with Gasteiger partial charge in [0.05, 0.1) is 0 Å². The van der Waals surface area contributed by atoms with Crippen molar-refractivity contribution in [3.63, 3.8) is 0 Å². The first kappa shape index (κ1) is 17.1. The third kappa shape index (κ3) is 5.88. The summed E-state index contributed by atoms with van der Waals surface area (Å²) in [5.41, 5.74) is 0. The second kappa shape index (κ2) is 7.87. The van der Waals surface area contributed by atoms with Gasteiger partial charge in [-0.15, -0.1) is 16.9 Å². The van der Waals surface area contributed by atoms with Gasteiger partial charge >= 0.3 is 6.18 Å². The molecule has 0 bridgehead atoms. The molecule has 0 unspecified atom stereocenters. The Balaban J connectivity index is 1.80. The zero-order valence-corrected chi connectivity index (χ0v) is 13.5. The van der Waals surface area contributed by atoms with Crippen LogP contribution in [0.3, 0.4) is 0 Å². The third-order valence-corrected chi connectivity index (χ3v) is 4.86. The predicted octanol–water partition coefficient (Wildman–Crippen LogP) is 3.90. The maximum Gasteiger partial charge on any atom is 0.408 e. The van der Waals surface area contributed by atoms with Gasteiger partial charge in [0, 0.05) is 10.1 Å². The molecule has 2 rings (SSSR count). The Kier molecular flexibility index (Phi) is 6.13. The van der Waals surface area contributed by atoms with Crippen LogP contribution in [0.4, 0.5) is 13.2 Å². The number of alkyl halides is 3. The lowest BCUT2D eigenvalue weighted by molar-refractivity contribution is -0.144. The number of benzene rings is 1. The molecule has 1 heterocycles. The molecule has 1 aromatic carbocycles. The molecule has 0 amide bonds. The number of halogens is 3. The minimum absolute atomic E-state index is 0.134. The Hall–Kier alpha value is -1.22. The van der Waals surface area contributed by atoms with Gasteiger partial charge in [0.25, 0.3) is 0 Å². The van der Waals surface area contributed by atoms with Gasteiger partial charge in [-0.1, -0.05) is 36.9 Å². The average Bonchev–Trinajstić information content (AvgIpc) is 2.85. The summed E-state index contributed by atoms with van der Waals surface area (Å²) in [5.74, 6) is 0.888. The molecule has 0 N–H and O–H groups in total. The molecule has 22 heavy (non-hydrogen) atoms. The molecule has 9 heteroatoms. The van der Waals surface area contributed by atoms with E-state index in [1.807, 2.05) is 37.3 Å². The van der Waals surface area contributed by atoms with Crippen LogP contribution in [0.2, 0.25) is 0 Å². The molecule has 0 saturated heterocycles. The molecule has 0 saturated carbocycles. The molecular formula is C13H15F3N4S2. The van der Waals surface area contributed by atoms with Crippen LogP contribution in [-0.4, -0.2) is 37.4 Å². The maximum absolute atomic E-state index is 12.4. The molecule has 120 valence electrons. The first-order chi connectivity index (χ1) is 10.4. The highest BCUT2D eigenvalue weighted by molar-refractivity contribution is 8.00. The smallest absolute Gasteiger partial charge is 0.211 e. The molecule has 0 aliphatic carbocycles. The summed E-state index contributed by atoms with van der Waals surface area (Å²) < 4.78 is 38.0. The van der Waals surface area contributed by atoms with Crippen molar-refractivity contribution in [2.24, 2.45) is 0 Å². The van der Waals surface area contributed by atoms with Crippen molar-refractivity contribution >= 4 is 23.5 Å². The highest BCUT2D eigenvalue weighted by Gasteiger charge is 2.30. The molecule has 1 aromatic heterocycles. The van der Waals surface area contributed by atoms with E-state index in [0.717, 1.165) is 16.9 Å². The van der Waals surface area contributed by atoms with Crippen LogP contribution in [0.5, 0.6) is 0 Å². The fourth-order valence-electron chi connectivity index (χ4n) is 1.65. The SMILES string of the molecule is C[C@@H](CCSc1ccccc1)Sc1nnnn1CC(F)(F)F. The molecule has 0 aliphatic rings. The Bertz CT molecular complexity index is 574. The zero-order chi connectivity index (χ0) is 16.0. The van der Waals surface area contributed by atoms with Crippen LogP contribution < -0.4 is 0 Å². The lowest BCUT2D eigenvalue weighted by atomic mass is 10.4. The number of thioether (sulfide) groups is 2. The summed E-state index contributed by atoms with van der Waals surface area (Å²) in [7, 11) is 0. The summed E-state index contributed by atoms with van der Waals surface area (Å²) in [6, 6.07) is 9.99. The van der Waals surface area contributed by atoms with Crippen LogP contribution in [0.1, 0.15) is 13.3 Å². The lowest BCUT2D eigenvalue weighted by Gasteiger charge is -2.11. The molecule has 0 fully saturated rings. The monoisotopic (exact) mass is 348 g/mol.